The summed E-state index contributed by atoms with van der Waals surface area (Å²) < 4.78 is 0. The standard InChI is InChI=1S/C19H38N4O/c1-16-12-17(2)14-23(13-16)19(3,4)15-21-18(24)20-8-11-22-9-6-5-7-10-22/h16-17H,5-15H2,1-4H3,(H2,20,21,24). The zero-order valence-electron chi connectivity index (χ0n) is 16.2. The summed E-state index contributed by atoms with van der Waals surface area (Å²) in [5.74, 6) is 1.48. The van der Waals surface area contributed by atoms with Gasteiger partial charge in [0.1, 0.15) is 0 Å². The molecule has 2 unspecified atom stereocenters. The normalized spacial score (nSPS) is 27.0. The van der Waals surface area contributed by atoms with Gasteiger partial charge in [0.25, 0.3) is 0 Å². The van der Waals surface area contributed by atoms with Crippen molar-refractivity contribution in [1.29, 1.82) is 0 Å². The molecule has 0 aromatic rings. The Morgan fingerprint density at radius 2 is 1.67 bits per heavy atom. The lowest BCUT2D eigenvalue weighted by Crippen LogP contribution is -2.57. The average molecular weight is 339 g/mol. The molecule has 5 heteroatoms. The highest BCUT2D eigenvalue weighted by atomic mass is 16.2. The molecule has 0 bridgehead atoms. The molecule has 24 heavy (non-hydrogen) atoms. The molecule has 2 saturated heterocycles. The Morgan fingerprint density at radius 1 is 1.04 bits per heavy atom. The first-order valence-electron chi connectivity index (χ1n) is 9.86. The van der Waals surface area contributed by atoms with Gasteiger partial charge in [0.15, 0.2) is 0 Å². The van der Waals surface area contributed by atoms with Crippen molar-refractivity contribution >= 4 is 6.03 Å². The first-order valence-corrected chi connectivity index (χ1v) is 9.86. The van der Waals surface area contributed by atoms with E-state index in [4.69, 9.17) is 0 Å². The lowest BCUT2D eigenvalue weighted by atomic mass is 9.88. The molecule has 2 fully saturated rings. The van der Waals surface area contributed by atoms with Crippen LogP contribution in [0.4, 0.5) is 4.79 Å². The van der Waals surface area contributed by atoms with Crippen LogP contribution in [0.1, 0.15) is 53.4 Å². The highest BCUT2D eigenvalue weighted by molar-refractivity contribution is 5.73. The number of nitrogens with zero attached hydrogens (tertiary/aromatic N) is 2. The zero-order chi connectivity index (χ0) is 17.6. The molecule has 0 aromatic carbocycles. The summed E-state index contributed by atoms with van der Waals surface area (Å²) in [4.78, 5) is 17.1. The van der Waals surface area contributed by atoms with Gasteiger partial charge in [0.05, 0.1) is 0 Å². The molecule has 0 spiro atoms. The monoisotopic (exact) mass is 338 g/mol. The average Bonchev–Trinajstić information content (AvgIpc) is 2.53. The number of carbonyl (C=O) groups is 1. The summed E-state index contributed by atoms with van der Waals surface area (Å²) in [5.41, 5.74) is 0.00709. The summed E-state index contributed by atoms with van der Waals surface area (Å²) in [6, 6.07) is -0.0295. The third-order valence-electron chi connectivity index (χ3n) is 5.57. The van der Waals surface area contributed by atoms with Crippen LogP contribution in [0.2, 0.25) is 0 Å². The molecule has 2 aliphatic rings. The minimum absolute atomic E-state index is 0.00709. The second-order valence-electron chi connectivity index (χ2n) is 8.68. The lowest BCUT2D eigenvalue weighted by molar-refractivity contribution is 0.0472. The molecule has 2 rings (SSSR count). The highest BCUT2D eigenvalue weighted by Gasteiger charge is 2.32. The Hall–Kier alpha value is -0.810. The number of likely N-dealkylation sites (tertiary alicyclic amines) is 2. The molecule has 2 amide bonds. The van der Waals surface area contributed by atoms with Gasteiger partial charge in [-0.3, -0.25) is 4.90 Å². The largest absolute Gasteiger partial charge is 0.337 e. The summed E-state index contributed by atoms with van der Waals surface area (Å²) >= 11 is 0. The van der Waals surface area contributed by atoms with Gasteiger partial charge in [-0.15, -0.1) is 0 Å². The van der Waals surface area contributed by atoms with E-state index in [0.717, 1.165) is 38.0 Å². The molecule has 2 heterocycles. The van der Waals surface area contributed by atoms with Gasteiger partial charge < -0.3 is 15.5 Å². The number of hydrogen-bond donors (Lipinski definition) is 2. The van der Waals surface area contributed by atoms with Gasteiger partial charge in [-0.25, -0.2) is 4.79 Å². The van der Waals surface area contributed by atoms with Crippen molar-refractivity contribution in [2.24, 2.45) is 11.8 Å². The zero-order valence-corrected chi connectivity index (χ0v) is 16.2. The van der Waals surface area contributed by atoms with Gasteiger partial charge in [0.2, 0.25) is 0 Å². The fraction of sp³-hybridized carbons (Fsp3) is 0.947. The third kappa shape index (κ3) is 6.25. The van der Waals surface area contributed by atoms with Gasteiger partial charge in [-0.2, -0.15) is 0 Å². The summed E-state index contributed by atoms with van der Waals surface area (Å²) in [6.45, 7) is 16.2. The van der Waals surface area contributed by atoms with E-state index in [2.05, 4.69) is 48.1 Å². The lowest BCUT2D eigenvalue weighted by Gasteiger charge is -2.45. The molecule has 5 nitrogen and oxygen atoms in total. The van der Waals surface area contributed by atoms with Crippen LogP contribution in [0.15, 0.2) is 0 Å². The van der Waals surface area contributed by atoms with Crippen molar-refractivity contribution in [3.63, 3.8) is 0 Å². The van der Waals surface area contributed by atoms with E-state index in [0.29, 0.717) is 6.54 Å². The van der Waals surface area contributed by atoms with E-state index in [1.807, 2.05) is 0 Å². The van der Waals surface area contributed by atoms with E-state index in [9.17, 15) is 4.79 Å². The number of urea groups is 1. The van der Waals surface area contributed by atoms with Gasteiger partial charge in [-0.05, 0) is 58.0 Å². The SMILES string of the molecule is CC1CC(C)CN(C(C)(C)CNC(=O)NCCN2CCCCC2)C1. The van der Waals surface area contributed by atoms with Crippen LogP contribution >= 0.6 is 0 Å². The molecule has 0 aliphatic carbocycles. The number of amides is 2. The van der Waals surface area contributed by atoms with Crippen LogP contribution in [0.3, 0.4) is 0 Å². The topological polar surface area (TPSA) is 47.6 Å². The predicted molar refractivity (Wildman–Crippen MR) is 100 cm³/mol. The minimum Gasteiger partial charge on any atom is -0.337 e. The molecule has 140 valence electrons. The Balaban J connectivity index is 1.66. The molecule has 0 saturated carbocycles. The van der Waals surface area contributed by atoms with E-state index in [1.165, 1.54) is 38.8 Å². The maximum Gasteiger partial charge on any atom is 0.314 e. The van der Waals surface area contributed by atoms with Gasteiger partial charge in [0, 0.05) is 38.3 Å². The number of hydrogen-bond acceptors (Lipinski definition) is 3. The molecule has 2 aliphatic heterocycles. The minimum atomic E-state index is -0.0295. The first kappa shape index (κ1) is 19.5. The van der Waals surface area contributed by atoms with Crippen LogP contribution in [-0.4, -0.2) is 67.2 Å². The van der Waals surface area contributed by atoms with Crippen molar-refractivity contribution in [2.75, 3.05) is 45.8 Å². The second kappa shape index (κ2) is 9.04. The van der Waals surface area contributed by atoms with Crippen LogP contribution in [0.25, 0.3) is 0 Å². The molecular formula is C19H38N4O. The maximum atomic E-state index is 12.1. The predicted octanol–water partition coefficient (Wildman–Crippen LogP) is 2.53. The van der Waals surface area contributed by atoms with Crippen molar-refractivity contribution in [1.82, 2.24) is 20.4 Å². The van der Waals surface area contributed by atoms with Crippen molar-refractivity contribution in [3.05, 3.63) is 0 Å². The smallest absolute Gasteiger partial charge is 0.314 e. The van der Waals surface area contributed by atoms with E-state index in [1.54, 1.807) is 0 Å². The number of piperidine rings is 2. The van der Waals surface area contributed by atoms with Crippen molar-refractivity contribution < 1.29 is 4.79 Å². The van der Waals surface area contributed by atoms with Crippen LogP contribution < -0.4 is 10.6 Å². The first-order chi connectivity index (χ1) is 11.4. The fourth-order valence-corrected chi connectivity index (χ4v) is 4.14. The molecular weight excluding hydrogens is 300 g/mol. The number of carbonyl (C=O) groups excluding carboxylic acids is 1. The third-order valence-corrected chi connectivity index (χ3v) is 5.57. The Bertz CT molecular complexity index is 383. The van der Waals surface area contributed by atoms with Gasteiger partial charge >= 0.3 is 6.03 Å². The van der Waals surface area contributed by atoms with Crippen molar-refractivity contribution in [3.8, 4) is 0 Å². The van der Waals surface area contributed by atoms with Crippen LogP contribution in [-0.2, 0) is 0 Å². The fourth-order valence-electron chi connectivity index (χ4n) is 4.14. The van der Waals surface area contributed by atoms with E-state index in [-0.39, 0.29) is 11.6 Å². The number of nitrogens with one attached hydrogen (secondary N) is 2. The molecule has 0 radical (unpaired) electrons. The van der Waals surface area contributed by atoms with Crippen LogP contribution in [0.5, 0.6) is 0 Å². The van der Waals surface area contributed by atoms with E-state index >= 15 is 0 Å². The maximum absolute atomic E-state index is 12.1. The second-order valence-corrected chi connectivity index (χ2v) is 8.68. The summed E-state index contributed by atoms with van der Waals surface area (Å²) in [5, 5.41) is 6.09. The molecule has 2 N–H and O–H groups in total. The quantitative estimate of drug-likeness (QED) is 0.782. The summed E-state index contributed by atoms with van der Waals surface area (Å²) in [7, 11) is 0. The Labute approximate surface area is 148 Å². The Kier molecular flexibility index (Phi) is 7.35. The molecule has 0 aromatic heterocycles. The van der Waals surface area contributed by atoms with Crippen LogP contribution in [0, 0.1) is 11.8 Å². The van der Waals surface area contributed by atoms with E-state index < -0.39 is 0 Å². The molecule has 2 atom stereocenters. The highest BCUT2D eigenvalue weighted by Crippen LogP contribution is 2.26. The van der Waals surface area contributed by atoms with Gasteiger partial charge in [-0.1, -0.05) is 20.3 Å². The Morgan fingerprint density at radius 3 is 2.29 bits per heavy atom. The van der Waals surface area contributed by atoms with Crippen molar-refractivity contribution in [2.45, 2.75) is 58.9 Å². The summed E-state index contributed by atoms with van der Waals surface area (Å²) in [6.07, 6.45) is 5.27. The number of rotatable bonds is 6.